The number of allylic oxidation sites excluding steroid dienone is 4. The van der Waals surface area contributed by atoms with Crippen LogP contribution in [-0.4, -0.2) is 22.2 Å². The van der Waals surface area contributed by atoms with E-state index < -0.39 is 23.8 Å². The highest BCUT2D eigenvalue weighted by Gasteiger charge is 2.33. The van der Waals surface area contributed by atoms with E-state index in [9.17, 15) is 9.59 Å². The summed E-state index contributed by atoms with van der Waals surface area (Å²) in [6.45, 7) is 7.10. The van der Waals surface area contributed by atoms with Crippen molar-refractivity contribution in [3.8, 4) is 0 Å². The van der Waals surface area contributed by atoms with Gasteiger partial charge < -0.3 is 10.2 Å². The lowest BCUT2D eigenvalue weighted by atomic mass is 9.83. The van der Waals surface area contributed by atoms with Crippen LogP contribution in [-0.2, 0) is 9.59 Å². The van der Waals surface area contributed by atoms with E-state index in [2.05, 4.69) is 13.2 Å². The Morgan fingerprint density at radius 2 is 1.33 bits per heavy atom. The number of rotatable bonds is 5. The van der Waals surface area contributed by atoms with Gasteiger partial charge in [0.15, 0.2) is 0 Å². The Morgan fingerprint density at radius 1 is 1.00 bits per heavy atom. The number of hydrogen-bond acceptors (Lipinski definition) is 2. The molecule has 0 aliphatic heterocycles. The first kappa shape index (κ1) is 16.2. The second-order valence-corrected chi connectivity index (χ2v) is 3.99. The lowest BCUT2D eigenvalue weighted by Crippen LogP contribution is -2.30. The summed E-state index contributed by atoms with van der Waals surface area (Å²) in [6, 6.07) is 0. The Balaban J connectivity index is 0.000000411. The van der Waals surface area contributed by atoms with E-state index in [1.807, 2.05) is 12.2 Å². The van der Waals surface area contributed by atoms with Crippen molar-refractivity contribution in [3.05, 3.63) is 37.5 Å². The fourth-order valence-electron chi connectivity index (χ4n) is 1.60. The van der Waals surface area contributed by atoms with Crippen molar-refractivity contribution in [2.24, 2.45) is 11.8 Å². The quantitative estimate of drug-likeness (QED) is 0.582. The van der Waals surface area contributed by atoms with Crippen LogP contribution in [0.4, 0.5) is 0 Å². The van der Waals surface area contributed by atoms with Crippen molar-refractivity contribution in [1.29, 1.82) is 0 Å². The molecule has 0 saturated carbocycles. The molecular formula is C14H20O4. The third-order valence-corrected chi connectivity index (χ3v) is 2.64. The Kier molecular flexibility index (Phi) is 8.27. The minimum Gasteiger partial charge on any atom is -0.481 e. The van der Waals surface area contributed by atoms with Crippen LogP contribution >= 0.6 is 0 Å². The van der Waals surface area contributed by atoms with Gasteiger partial charge in [-0.2, -0.15) is 0 Å². The van der Waals surface area contributed by atoms with Gasteiger partial charge in [0.05, 0.1) is 11.8 Å². The van der Waals surface area contributed by atoms with Crippen molar-refractivity contribution in [2.45, 2.75) is 25.7 Å². The first-order valence-electron chi connectivity index (χ1n) is 5.87. The van der Waals surface area contributed by atoms with Crippen molar-refractivity contribution in [1.82, 2.24) is 0 Å². The highest BCUT2D eigenvalue weighted by molar-refractivity contribution is 5.80. The van der Waals surface area contributed by atoms with Crippen molar-refractivity contribution in [3.63, 3.8) is 0 Å². The van der Waals surface area contributed by atoms with Gasteiger partial charge in [-0.3, -0.25) is 9.59 Å². The molecule has 2 N–H and O–H groups in total. The third-order valence-electron chi connectivity index (χ3n) is 2.64. The summed E-state index contributed by atoms with van der Waals surface area (Å²) >= 11 is 0. The van der Waals surface area contributed by atoms with Gasteiger partial charge in [0.1, 0.15) is 0 Å². The van der Waals surface area contributed by atoms with E-state index in [1.54, 1.807) is 12.2 Å². The number of aliphatic carboxylic acids is 2. The van der Waals surface area contributed by atoms with Crippen molar-refractivity contribution >= 4 is 11.9 Å². The third kappa shape index (κ3) is 6.03. The Bertz CT molecular complexity index is 299. The molecule has 0 aromatic carbocycles. The van der Waals surface area contributed by atoms with Crippen LogP contribution in [0.5, 0.6) is 0 Å². The molecule has 0 aromatic rings. The molecule has 0 radical (unpaired) electrons. The molecule has 1 rings (SSSR count). The Morgan fingerprint density at radius 3 is 1.56 bits per heavy atom. The summed E-state index contributed by atoms with van der Waals surface area (Å²) in [7, 11) is 0. The predicted octanol–water partition coefficient (Wildman–Crippen LogP) is 2.88. The van der Waals surface area contributed by atoms with Gasteiger partial charge in [-0.25, -0.2) is 0 Å². The summed E-state index contributed by atoms with van der Waals surface area (Å²) in [5, 5.41) is 17.3. The van der Waals surface area contributed by atoms with Crippen molar-refractivity contribution < 1.29 is 19.8 Å². The van der Waals surface area contributed by atoms with Gasteiger partial charge in [-0.15, -0.1) is 13.2 Å². The van der Waals surface area contributed by atoms with E-state index in [-0.39, 0.29) is 0 Å². The average Bonchev–Trinajstić information content (AvgIpc) is 2.37. The molecule has 1 aliphatic carbocycles. The highest BCUT2D eigenvalue weighted by Crippen LogP contribution is 2.25. The maximum Gasteiger partial charge on any atom is 0.307 e. The molecule has 100 valence electrons. The monoisotopic (exact) mass is 252 g/mol. The molecule has 0 amide bonds. The van der Waals surface area contributed by atoms with E-state index in [0.717, 1.165) is 12.8 Å². The zero-order valence-corrected chi connectivity index (χ0v) is 10.4. The molecule has 2 atom stereocenters. The summed E-state index contributed by atoms with van der Waals surface area (Å²) in [4.78, 5) is 21.1. The largest absolute Gasteiger partial charge is 0.481 e. The Labute approximate surface area is 107 Å². The predicted molar refractivity (Wildman–Crippen MR) is 70.3 cm³/mol. The van der Waals surface area contributed by atoms with Gasteiger partial charge in [0.25, 0.3) is 0 Å². The fourth-order valence-corrected chi connectivity index (χ4v) is 1.60. The molecule has 2 unspecified atom stereocenters. The van der Waals surface area contributed by atoms with Crippen LogP contribution in [0.1, 0.15) is 25.7 Å². The number of carboxylic acids is 2. The smallest absolute Gasteiger partial charge is 0.307 e. The van der Waals surface area contributed by atoms with Gasteiger partial charge >= 0.3 is 11.9 Å². The van der Waals surface area contributed by atoms with Gasteiger partial charge in [0.2, 0.25) is 0 Å². The van der Waals surface area contributed by atoms with Gasteiger partial charge in [-0.05, 0) is 25.7 Å². The SMILES string of the molecule is C=CCCC=C.O=C(O)C1CC=CCC1C(=O)O. The summed E-state index contributed by atoms with van der Waals surface area (Å²) < 4.78 is 0. The minimum absolute atomic E-state index is 0.326. The van der Waals surface area contributed by atoms with Gasteiger partial charge in [0, 0.05) is 0 Å². The number of carboxylic acid groups (broad SMARTS) is 2. The lowest BCUT2D eigenvalue weighted by molar-refractivity contribution is -0.153. The Hall–Kier alpha value is -1.84. The number of unbranched alkanes of at least 4 members (excludes halogenated alkanes) is 1. The van der Waals surface area contributed by atoms with Crippen molar-refractivity contribution in [2.75, 3.05) is 0 Å². The molecule has 0 aromatic heterocycles. The molecule has 0 bridgehead atoms. The molecule has 1 aliphatic rings. The van der Waals surface area contributed by atoms with Crippen LogP contribution in [0.3, 0.4) is 0 Å². The molecule has 0 spiro atoms. The second kappa shape index (κ2) is 9.22. The van der Waals surface area contributed by atoms with E-state index in [1.165, 1.54) is 0 Å². The summed E-state index contributed by atoms with van der Waals surface area (Å²) in [5.41, 5.74) is 0. The molecular weight excluding hydrogens is 232 g/mol. The van der Waals surface area contributed by atoms with E-state index in [4.69, 9.17) is 10.2 Å². The summed E-state index contributed by atoms with van der Waals surface area (Å²) in [6.07, 6.45) is 9.99. The van der Waals surface area contributed by atoms with Crippen LogP contribution in [0.2, 0.25) is 0 Å². The molecule has 4 heteroatoms. The number of hydrogen-bond donors (Lipinski definition) is 2. The summed E-state index contributed by atoms with van der Waals surface area (Å²) in [5.74, 6) is -3.56. The van der Waals surface area contributed by atoms with E-state index in [0.29, 0.717) is 12.8 Å². The maximum absolute atomic E-state index is 10.6. The first-order chi connectivity index (χ1) is 8.54. The second-order valence-electron chi connectivity index (χ2n) is 3.99. The zero-order valence-electron chi connectivity index (χ0n) is 10.4. The molecule has 4 nitrogen and oxygen atoms in total. The van der Waals surface area contributed by atoms with E-state index >= 15 is 0 Å². The van der Waals surface area contributed by atoms with Crippen LogP contribution in [0.15, 0.2) is 37.5 Å². The standard InChI is InChI=1S/C8H10O4.C6H10/c9-7(10)5-3-1-2-4-6(5)8(11)12;1-3-5-6-4-2/h1-2,5-6H,3-4H2,(H,9,10)(H,11,12);3-4H,1-2,5-6H2. The normalized spacial score (nSPS) is 21.3. The van der Waals surface area contributed by atoms with Gasteiger partial charge in [-0.1, -0.05) is 24.3 Å². The van der Waals surface area contributed by atoms with Crippen LogP contribution in [0.25, 0.3) is 0 Å². The molecule has 0 saturated heterocycles. The highest BCUT2D eigenvalue weighted by atomic mass is 16.4. The van der Waals surface area contributed by atoms with Crippen LogP contribution in [0, 0.1) is 11.8 Å². The average molecular weight is 252 g/mol. The molecule has 0 heterocycles. The lowest BCUT2D eigenvalue weighted by Gasteiger charge is -2.20. The zero-order chi connectivity index (χ0) is 14.0. The molecule has 18 heavy (non-hydrogen) atoms. The fraction of sp³-hybridized carbons (Fsp3) is 0.429. The molecule has 0 fully saturated rings. The minimum atomic E-state index is -1.02. The topological polar surface area (TPSA) is 74.6 Å². The number of carbonyl (C=O) groups is 2. The first-order valence-corrected chi connectivity index (χ1v) is 5.87. The van der Waals surface area contributed by atoms with Crippen LogP contribution < -0.4 is 0 Å². The maximum atomic E-state index is 10.6.